The van der Waals surface area contributed by atoms with E-state index in [-0.39, 0.29) is 0 Å². The fraction of sp³-hybridized carbons (Fsp3) is 0.607. The topological polar surface area (TPSA) is 22.1 Å². The van der Waals surface area contributed by atoms with Crippen LogP contribution in [-0.2, 0) is 6.42 Å². The first kappa shape index (κ1) is 24.4. The van der Waals surface area contributed by atoms with Crippen LogP contribution in [-0.4, -0.2) is 11.6 Å². The van der Waals surface area contributed by atoms with Crippen molar-refractivity contribution in [1.82, 2.24) is 4.98 Å². The number of nitrogens with zero attached hydrogens (tertiary/aromatic N) is 1. The SMILES string of the molecule is CCCCCCCCOc1ccc(-c2ccc(CCCCCC(C)CC)cn2)cc1. The van der Waals surface area contributed by atoms with Crippen molar-refractivity contribution in [2.24, 2.45) is 5.92 Å². The quantitative estimate of drug-likeness (QED) is 0.259. The van der Waals surface area contributed by atoms with Crippen molar-refractivity contribution >= 4 is 0 Å². The Kier molecular flexibility index (Phi) is 12.3. The fourth-order valence-corrected chi connectivity index (χ4v) is 3.74. The van der Waals surface area contributed by atoms with Crippen molar-refractivity contribution in [1.29, 1.82) is 0 Å². The van der Waals surface area contributed by atoms with E-state index < -0.39 is 0 Å². The van der Waals surface area contributed by atoms with E-state index in [1.807, 2.05) is 6.20 Å². The molecule has 2 rings (SSSR count). The van der Waals surface area contributed by atoms with Crippen LogP contribution < -0.4 is 4.74 Å². The van der Waals surface area contributed by atoms with Gasteiger partial charge in [0.1, 0.15) is 5.75 Å². The van der Waals surface area contributed by atoms with Crippen molar-refractivity contribution in [2.75, 3.05) is 6.61 Å². The zero-order chi connectivity index (χ0) is 21.4. The van der Waals surface area contributed by atoms with Crippen LogP contribution in [0, 0.1) is 5.92 Å². The Morgan fingerprint density at radius 3 is 2.23 bits per heavy atom. The summed E-state index contributed by atoms with van der Waals surface area (Å²) in [4.78, 5) is 4.69. The molecular formula is C28H43NO. The molecule has 1 unspecified atom stereocenters. The summed E-state index contributed by atoms with van der Waals surface area (Å²) in [5, 5.41) is 0. The number of ether oxygens (including phenoxy) is 1. The predicted octanol–water partition coefficient (Wildman–Crippen LogP) is 8.64. The molecule has 0 aliphatic carbocycles. The summed E-state index contributed by atoms with van der Waals surface area (Å²) in [6.45, 7) is 7.72. The molecule has 0 radical (unpaired) electrons. The zero-order valence-electron chi connectivity index (χ0n) is 19.7. The minimum Gasteiger partial charge on any atom is -0.494 e. The largest absolute Gasteiger partial charge is 0.494 e. The third kappa shape index (κ3) is 9.78. The molecule has 30 heavy (non-hydrogen) atoms. The Labute approximate surface area is 185 Å². The molecule has 0 saturated heterocycles. The van der Waals surface area contributed by atoms with E-state index in [1.165, 1.54) is 69.8 Å². The summed E-state index contributed by atoms with van der Waals surface area (Å²) >= 11 is 0. The van der Waals surface area contributed by atoms with Crippen LogP contribution in [0.5, 0.6) is 5.75 Å². The number of hydrogen-bond donors (Lipinski definition) is 0. The van der Waals surface area contributed by atoms with Gasteiger partial charge in [-0.15, -0.1) is 0 Å². The van der Waals surface area contributed by atoms with Gasteiger partial charge in [-0.05, 0) is 61.1 Å². The molecular weight excluding hydrogens is 366 g/mol. The van der Waals surface area contributed by atoms with Gasteiger partial charge in [0.25, 0.3) is 0 Å². The Bertz CT molecular complexity index is 662. The summed E-state index contributed by atoms with van der Waals surface area (Å²) in [6, 6.07) is 12.8. The standard InChI is InChI=1S/C28H43NO/c1-4-6-7-8-9-13-22-30-27-19-17-26(18-20-27)28-21-16-25(23-29-28)15-12-10-11-14-24(3)5-2/h16-21,23-24H,4-15,22H2,1-3H3. The second-order valence-corrected chi connectivity index (χ2v) is 8.81. The number of hydrogen-bond acceptors (Lipinski definition) is 2. The van der Waals surface area contributed by atoms with Crippen LogP contribution in [0.15, 0.2) is 42.6 Å². The predicted molar refractivity (Wildman–Crippen MR) is 130 cm³/mol. The Balaban J connectivity index is 1.68. The number of aromatic nitrogens is 1. The Hall–Kier alpha value is -1.83. The first-order chi connectivity index (χ1) is 14.7. The minimum atomic E-state index is 0.815. The zero-order valence-corrected chi connectivity index (χ0v) is 19.7. The average molecular weight is 410 g/mol. The lowest BCUT2D eigenvalue weighted by atomic mass is 9.99. The van der Waals surface area contributed by atoms with Gasteiger partial charge in [-0.1, -0.05) is 84.6 Å². The van der Waals surface area contributed by atoms with Crippen LogP contribution in [0.25, 0.3) is 11.3 Å². The van der Waals surface area contributed by atoms with E-state index in [4.69, 9.17) is 4.74 Å². The summed E-state index contributed by atoms with van der Waals surface area (Å²) in [5.74, 6) is 1.83. The second-order valence-electron chi connectivity index (χ2n) is 8.81. The second kappa shape index (κ2) is 15.0. The number of rotatable bonds is 16. The first-order valence-electron chi connectivity index (χ1n) is 12.4. The fourth-order valence-electron chi connectivity index (χ4n) is 3.74. The van der Waals surface area contributed by atoms with Crippen molar-refractivity contribution in [3.05, 3.63) is 48.2 Å². The maximum Gasteiger partial charge on any atom is 0.119 e. The highest BCUT2D eigenvalue weighted by Crippen LogP contribution is 2.22. The summed E-state index contributed by atoms with van der Waals surface area (Å²) in [7, 11) is 0. The maximum atomic E-state index is 5.89. The molecule has 0 aliphatic rings. The minimum absolute atomic E-state index is 0.815. The molecule has 2 aromatic rings. The van der Waals surface area contributed by atoms with E-state index in [1.54, 1.807) is 0 Å². The normalized spacial score (nSPS) is 12.1. The van der Waals surface area contributed by atoms with Gasteiger partial charge in [0.15, 0.2) is 0 Å². The Morgan fingerprint density at radius 2 is 1.53 bits per heavy atom. The van der Waals surface area contributed by atoms with Crippen LogP contribution in [0.1, 0.15) is 97.0 Å². The van der Waals surface area contributed by atoms with Gasteiger partial charge < -0.3 is 4.74 Å². The average Bonchev–Trinajstić information content (AvgIpc) is 2.79. The molecule has 0 aliphatic heterocycles. The van der Waals surface area contributed by atoms with E-state index in [0.29, 0.717) is 0 Å². The van der Waals surface area contributed by atoms with E-state index in [9.17, 15) is 0 Å². The molecule has 0 saturated carbocycles. The molecule has 0 spiro atoms. The highest BCUT2D eigenvalue weighted by atomic mass is 16.5. The molecule has 0 bridgehead atoms. The molecule has 1 atom stereocenters. The lowest BCUT2D eigenvalue weighted by Crippen LogP contribution is -1.97. The van der Waals surface area contributed by atoms with Gasteiger partial charge in [-0.2, -0.15) is 0 Å². The highest BCUT2D eigenvalue weighted by Gasteiger charge is 2.03. The number of benzene rings is 1. The van der Waals surface area contributed by atoms with Gasteiger partial charge in [0.05, 0.1) is 12.3 Å². The smallest absolute Gasteiger partial charge is 0.119 e. The van der Waals surface area contributed by atoms with Gasteiger partial charge >= 0.3 is 0 Å². The van der Waals surface area contributed by atoms with E-state index >= 15 is 0 Å². The molecule has 1 aromatic carbocycles. The molecule has 0 N–H and O–H groups in total. The number of aryl methyl sites for hydroxylation is 1. The first-order valence-corrected chi connectivity index (χ1v) is 12.4. The van der Waals surface area contributed by atoms with Crippen LogP contribution in [0.2, 0.25) is 0 Å². The van der Waals surface area contributed by atoms with Crippen LogP contribution >= 0.6 is 0 Å². The molecule has 0 amide bonds. The highest BCUT2D eigenvalue weighted by molar-refractivity contribution is 5.60. The molecule has 1 heterocycles. The lowest BCUT2D eigenvalue weighted by Gasteiger charge is -2.08. The maximum absolute atomic E-state index is 5.89. The Morgan fingerprint density at radius 1 is 0.800 bits per heavy atom. The van der Waals surface area contributed by atoms with Gasteiger partial charge in [-0.25, -0.2) is 0 Å². The van der Waals surface area contributed by atoms with Crippen LogP contribution in [0.3, 0.4) is 0 Å². The van der Waals surface area contributed by atoms with Crippen molar-refractivity contribution < 1.29 is 4.74 Å². The third-order valence-electron chi connectivity index (χ3n) is 6.10. The third-order valence-corrected chi connectivity index (χ3v) is 6.10. The van der Waals surface area contributed by atoms with Crippen LogP contribution in [0.4, 0.5) is 0 Å². The molecule has 0 fully saturated rings. The molecule has 1 aromatic heterocycles. The lowest BCUT2D eigenvalue weighted by molar-refractivity contribution is 0.304. The summed E-state index contributed by atoms with van der Waals surface area (Å²) in [5.41, 5.74) is 3.54. The number of unbranched alkanes of at least 4 members (excludes halogenated alkanes) is 7. The van der Waals surface area contributed by atoms with Gasteiger partial charge in [-0.3, -0.25) is 4.98 Å². The summed E-state index contributed by atoms with van der Waals surface area (Å²) < 4.78 is 5.89. The van der Waals surface area contributed by atoms with E-state index in [0.717, 1.165) is 42.4 Å². The molecule has 2 nitrogen and oxygen atoms in total. The van der Waals surface area contributed by atoms with Crippen molar-refractivity contribution in [2.45, 2.75) is 97.8 Å². The van der Waals surface area contributed by atoms with Crippen molar-refractivity contribution in [3.8, 4) is 17.0 Å². The van der Waals surface area contributed by atoms with E-state index in [2.05, 4.69) is 62.2 Å². The van der Waals surface area contributed by atoms with Gasteiger partial charge in [0, 0.05) is 11.8 Å². The van der Waals surface area contributed by atoms with Gasteiger partial charge in [0.2, 0.25) is 0 Å². The monoisotopic (exact) mass is 409 g/mol. The summed E-state index contributed by atoms with van der Waals surface area (Å²) in [6.07, 6.45) is 17.6. The van der Waals surface area contributed by atoms with Crippen molar-refractivity contribution in [3.63, 3.8) is 0 Å². The molecule has 2 heteroatoms. The number of pyridine rings is 1. The molecule has 166 valence electrons.